The quantitative estimate of drug-likeness (QED) is 0.628. The number of carbonyl (C=O) groups is 2. The minimum atomic E-state index is -0.723. The molecule has 23 heavy (non-hydrogen) atoms. The van der Waals surface area contributed by atoms with E-state index in [2.05, 4.69) is 0 Å². The predicted molar refractivity (Wildman–Crippen MR) is 84.2 cm³/mol. The normalized spacial score (nSPS) is 34.1. The Kier molecular flexibility index (Phi) is 3.25. The van der Waals surface area contributed by atoms with Crippen molar-refractivity contribution >= 4 is 29.2 Å². The van der Waals surface area contributed by atoms with E-state index in [4.69, 9.17) is 21.1 Å². The number of esters is 1. The number of fused-ring (bicyclic) bond motifs is 1. The lowest BCUT2D eigenvalue weighted by atomic mass is 9.77. The Labute approximate surface area is 138 Å². The molecular weight excluding hydrogens is 318 g/mol. The molecule has 0 aromatic heterocycles. The molecular formula is C17H16ClNO4. The summed E-state index contributed by atoms with van der Waals surface area (Å²) in [4.78, 5) is 26.9. The van der Waals surface area contributed by atoms with E-state index in [9.17, 15) is 9.59 Å². The van der Waals surface area contributed by atoms with Crippen LogP contribution in [0.2, 0.25) is 5.02 Å². The number of amides is 1. The maximum Gasteiger partial charge on any atom is 0.312 e. The van der Waals surface area contributed by atoms with E-state index < -0.39 is 17.4 Å². The summed E-state index contributed by atoms with van der Waals surface area (Å²) < 4.78 is 11.2. The minimum Gasteiger partial charge on any atom is -0.466 e. The zero-order valence-electron chi connectivity index (χ0n) is 12.6. The molecule has 1 spiro atoms. The zero-order chi connectivity index (χ0) is 16.2. The van der Waals surface area contributed by atoms with Crippen molar-refractivity contribution in [2.45, 2.75) is 18.6 Å². The Balaban J connectivity index is 1.68. The molecule has 2 saturated heterocycles. The Morgan fingerprint density at radius 1 is 1.43 bits per heavy atom. The minimum absolute atomic E-state index is 0.0998. The summed E-state index contributed by atoms with van der Waals surface area (Å²) in [6.07, 6.45) is 3.43. The van der Waals surface area contributed by atoms with Gasteiger partial charge in [-0.2, -0.15) is 0 Å². The highest BCUT2D eigenvalue weighted by atomic mass is 35.5. The van der Waals surface area contributed by atoms with Crippen LogP contribution in [0.25, 0.3) is 0 Å². The molecule has 0 N–H and O–H groups in total. The summed E-state index contributed by atoms with van der Waals surface area (Å²) in [5, 5.41) is 0.611. The van der Waals surface area contributed by atoms with Crippen LogP contribution in [-0.4, -0.2) is 36.7 Å². The Morgan fingerprint density at radius 3 is 2.87 bits per heavy atom. The van der Waals surface area contributed by atoms with Crippen molar-refractivity contribution in [1.82, 2.24) is 0 Å². The highest BCUT2D eigenvalue weighted by Crippen LogP contribution is 2.52. The van der Waals surface area contributed by atoms with Crippen LogP contribution in [0.4, 0.5) is 5.69 Å². The average Bonchev–Trinajstić information content (AvgIpc) is 3.17. The van der Waals surface area contributed by atoms with Crippen LogP contribution >= 0.6 is 11.6 Å². The van der Waals surface area contributed by atoms with Crippen molar-refractivity contribution in [3.63, 3.8) is 0 Å². The van der Waals surface area contributed by atoms with E-state index in [1.165, 1.54) is 0 Å². The molecule has 1 aromatic rings. The first kappa shape index (κ1) is 14.7. The number of benzene rings is 1. The molecule has 120 valence electrons. The number of rotatable bonds is 3. The van der Waals surface area contributed by atoms with Crippen molar-refractivity contribution in [3.05, 3.63) is 41.4 Å². The highest BCUT2D eigenvalue weighted by molar-refractivity contribution is 6.30. The van der Waals surface area contributed by atoms with Crippen LogP contribution < -0.4 is 4.90 Å². The fourth-order valence-corrected chi connectivity index (χ4v) is 3.97. The van der Waals surface area contributed by atoms with Crippen LogP contribution in [-0.2, 0) is 19.1 Å². The number of nitrogens with zero attached hydrogens (tertiary/aromatic N) is 1. The van der Waals surface area contributed by atoms with Gasteiger partial charge in [-0.15, -0.1) is 0 Å². The summed E-state index contributed by atoms with van der Waals surface area (Å²) in [5.74, 6) is -1.55. The predicted octanol–water partition coefficient (Wildman–Crippen LogP) is 2.19. The Morgan fingerprint density at radius 2 is 2.17 bits per heavy atom. The van der Waals surface area contributed by atoms with Gasteiger partial charge in [0.1, 0.15) is 11.5 Å². The monoisotopic (exact) mass is 333 g/mol. The number of hydrogen-bond donors (Lipinski definition) is 0. The van der Waals surface area contributed by atoms with Gasteiger partial charge >= 0.3 is 5.97 Å². The first-order valence-corrected chi connectivity index (χ1v) is 8.04. The van der Waals surface area contributed by atoms with Gasteiger partial charge in [0, 0.05) is 10.7 Å². The summed E-state index contributed by atoms with van der Waals surface area (Å²) in [6.45, 7) is 2.45. The van der Waals surface area contributed by atoms with E-state index in [0.29, 0.717) is 18.2 Å². The summed E-state index contributed by atoms with van der Waals surface area (Å²) in [5.41, 5.74) is 0.0324. The lowest BCUT2D eigenvalue weighted by Crippen LogP contribution is -2.40. The van der Waals surface area contributed by atoms with E-state index in [0.717, 1.165) is 5.69 Å². The number of anilines is 1. The van der Waals surface area contributed by atoms with Crippen LogP contribution in [0.5, 0.6) is 0 Å². The number of ether oxygens (including phenoxy) is 2. The van der Waals surface area contributed by atoms with Crippen LogP contribution in [0, 0.1) is 11.8 Å². The van der Waals surface area contributed by atoms with E-state index in [1.807, 2.05) is 12.2 Å². The average molecular weight is 334 g/mol. The Bertz CT molecular complexity index is 701. The molecule has 0 aliphatic carbocycles. The first-order chi connectivity index (χ1) is 11.1. The van der Waals surface area contributed by atoms with Crippen molar-refractivity contribution in [3.8, 4) is 0 Å². The second-order valence-electron chi connectivity index (χ2n) is 6.05. The maximum absolute atomic E-state index is 12.9. The van der Waals surface area contributed by atoms with Crippen molar-refractivity contribution in [2.75, 3.05) is 18.1 Å². The topological polar surface area (TPSA) is 55.8 Å². The van der Waals surface area contributed by atoms with Gasteiger partial charge in [-0.1, -0.05) is 23.8 Å². The highest BCUT2D eigenvalue weighted by Gasteiger charge is 2.67. The van der Waals surface area contributed by atoms with Gasteiger partial charge < -0.3 is 14.4 Å². The smallest absolute Gasteiger partial charge is 0.312 e. The van der Waals surface area contributed by atoms with E-state index in [1.54, 1.807) is 36.1 Å². The zero-order valence-corrected chi connectivity index (χ0v) is 13.3. The third kappa shape index (κ3) is 2.03. The molecule has 4 atom stereocenters. The largest absolute Gasteiger partial charge is 0.466 e. The SMILES string of the molecule is CCOC(=O)C1C2C=CC3(CN(c4ccc(Cl)cc4)C(=O)C13)O2. The molecule has 3 aliphatic heterocycles. The Hall–Kier alpha value is -1.85. The number of halogens is 1. The first-order valence-electron chi connectivity index (χ1n) is 7.66. The lowest BCUT2D eigenvalue weighted by Gasteiger charge is -2.22. The molecule has 5 nitrogen and oxygen atoms in total. The molecule has 3 heterocycles. The second kappa shape index (κ2) is 5.08. The second-order valence-corrected chi connectivity index (χ2v) is 6.49. The molecule has 4 rings (SSSR count). The van der Waals surface area contributed by atoms with Gasteiger partial charge in [0.05, 0.1) is 25.2 Å². The molecule has 2 fully saturated rings. The van der Waals surface area contributed by atoms with Crippen molar-refractivity contribution in [1.29, 1.82) is 0 Å². The van der Waals surface area contributed by atoms with Gasteiger partial charge in [-0.25, -0.2) is 0 Å². The molecule has 1 aromatic carbocycles. The molecule has 0 saturated carbocycles. The fourth-order valence-electron chi connectivity index (χ4n) is 3.85. The van der Waals surface area contributed by atoms with Crippen molar-refractivity contribution in [2.24, 2.45) is 11.8 Å². The summed E-state index contributed by atoms with van der Waals surface area (Å²) in [6, 6.07) is 7.08. The summed E-state index contributed by atoms with van der Waals surface area (Å²) in [7, 11) is 0. The number of carbonyl (C=O) groups excluding carboxylic acids is 2. The van der Waals surface area contributed by atoms with Gasteiger partial charge in [-0.05, 0) is 31.2 Å². The van der Waals surface area contributed by atoms with Crippen LogP contribution in [0.15, 0.2) is 36.4 Å². The van der Waals surface area contributed by atoms with Gasteiger partial charge in [-0.3, -0.25) is 9.59 Å². The van der Waals surface area contributed by atoms with E-state index in [-0.39, 0.29) is 18.0 Å². The van der Waals surface area contributed by atoms with Crippen LogP contribution in [0.3, 0.4) is 0 Å². The van der Waals surface area contributed by atoms with Crippen molar-refractivity contribution < 1.29 is 19.1 Å². The lowest BCUT2D eigenvalue weighted by molar-refractivity contribution is -0.151. The maximum atomic E-state index is 12.9. The van der Waals surface area contributed by atoms with Gasteiger partial charge in [0.25, 0.3) is 0 Å². The fraction of sp³-hybridized carbons (Fsp3) is 0.412. The molecule has 2 bridgehead atoms. The van der Waals surface area contributed by atoms with E-state index >= 15 is 0 Å². The molecule has 3 aliphatic rings. The number of hydrogen-bond acceptors (Lipinski definition) is 4. The van der Waals surface area contributed by atoms with Gasteiger partial charge in [0.2, 0.25) is 5.91 Å². The third-order valence-electron chi connectivity index (χ3n) is 4.80. The van der Waals surface area contributed by atoms with Crippen LogP contribution in [0.1, 0.15) is 6.92 Å². The summed E-state index contributed by atoms with van der Waals surface area (Å²) >= 11 is 5.91. The third-order valence-corrected chi connectivity index (χ3v) is 5.05. The molecule has 0 radical (unpaired) electrons. The molecule has 4 unspecified atom stereocenters. The molecule has 1 amide bonds. The van der Waals surface area contributed by atoms with Gasteiger partial charge in [0.15, 0.2) is 0 Å². The standard InChI is InChI=1S/C17H16ClNO4/c1-2-22-16(21)13-12-7-8-17(23-12)9-19(15(20)14(13)17)11-5-3-10(18)4-6-11/h3-8,12-14H,2,9H2,1H3. The molecule has 6 heteroatoms.